The Morgan fingerprint density at radius 3 is 2.12 bits per heavy atom. The first-order chi connectivity index (χ1) is 15.8. The zero-order chi connectivity index (χ0) is 25.3. The van der Waals surface area contributed by atoms with Gasteiger partial charge in [0.05, 0.1) is 36.6 Å². The molecule has 1 fully saturated rings. The molecule has 0 saturated carbocycles. The third-order valence-electron chi connectivity index (χ3n) is 5.79. The largest absolute Gasteiger partial charge is 0.430 e. The Morgan fingerprint density at radius 2 is 1.59 bits per heavy atom. The average Bonchev–Trinajstić information content (AvgIpc) is 2.77. The minimum atomic E-state index is -5.98. The van der Waals surface area contributed by atoms with Gasteiger partial charge in [0, 0.05) is 18.4 Å². The molecule has 0 bridgehead atoms. The van der Waals surface area contributed by atoms with Gasteiger partial charge in [0.1, 0.15) is 0 Å². The Labute approximate surface area is 190 Å². The number of benzene rings is 2. The van der Waals surface area contributed by atoms with Crippen LogP contribution in [0.5, 0.6) is 0 Å². The van der Waals surface area contributed by atoms with Crippen LogP contribution in [-0.4, -0.2) is 46.5 Å². The van der Waals surface area contributed by atoms with Crippen LogP contribution in [0, 0.1) is 11.3 Å². The first-order valence-electron chi connectivity index (χ1n) is 10.2. The summed E-state index contributed by atoms with van der Waals surface area (Å²) < 4.78 is 84.3. The van der Waals surface area contributed by atoms with Crippen molar-refractivity contribution in [3.63, 3.8) is 0 Å². The standard InChI is InChI=1S/C23H21F6NO4/c24-22(25,26)21(33,23(27,28)29)17-5-1-13(2-6-17)7-16-8-14(3-4-15(16)11-30)20-10-18(32)9-19(12-31)34-20/h1-6,8,18-20,31-33H,7,9-10,12H2/t18-,19-,20+/m0/s1. The molecule has 0 amide bonds. The Balaban J connectivity index is 1.90. The van der Waals surface area contributed by atoms with Crippen molar-refractivity contribution < 1.29 is 46.4 Å². The van der Waals surface area contributed by atoms with Gasteiger partial charge in [0.25, 0.3) is 5.60 Å². The van der Waals surface area contributed by atoms with Crippen LogP contribution in [0.25, 0.3) is 0 Å². The van der Waals surface area contributed by atoms with Crippen LogP contribution in [0.1, 0.15) is 46.8 Å². The molecule has 34 heavy (non-hydrogen) atoms. The highest BCUT2D eigenvalue weighted by Crippen LogP contribution is 2.50. The Bertz CT molecular complexity index is 1030. The summed E-state index contributed by atoms with van der Waals surface area (Å²) in [7, 11) is 0. The van der Waals surface area contributed by atoms with Gasteiger partial charge in [-0.2, -0.15) is 31.6 Å². The van der Waals surface area contributed by atoms with Gasteiger partial charge in [0.2, 0.25) is 0 Å². The topological polar surface area (TPSA) is 93.7 Å². The molecule has 2 aromatic carbocycles. The number of aliphatic hydroxyl groups excluding tert-OH is 2. The number of hydrogen-bond acceptors (Lipinski definition) is 5. The molecule has 5 nitrogen and oxygen atoms in total. The molecule has 1 heterocycles. The SMILES string of the molecule is N#Cc1ccc([C@H]2C[C@@H](O)C[C@@H](CO)O2)cc1Cc1ccc(C(O)(C(F)(F)F)C(F)(F)F)cc1. The van der Waals surface area contributed by atoms with Gasteiger partial charge >= 0.3 is 12.4 Å². The van der Waals surface area contributed by atoms with E-state index in [2.05, 4.69) is 0 Å². The zero-order valence-electron chi connectivity index (χ0n) is 17.6. The highest BCUT2D eigenvalue weighted by Gasteiger charge is 2.71. The van der Waals surface area contributed by atoms with Gasteiger partial charge in [-0.15, -0.1) is 0 Å². The molecular weight excluding hydrogens is 468 g/mol. The van der Waals surface area contributed by atoms with E-state index in [1.165, 1.54) is 6.07 Å². The predicted molar refractivity (Wildman–Crippen MR) is 106 cm³/mol. The van der Waals surface area contributed by atoms with Gasteiger partial charge < -0.3 is 20.1 Å². The van der Waals surface area contributed by atoms with Crippen molar-refractivity contribution in [2.75, 3.05) is 6.61 Å². The van der Waals surface area contributed by atoms with E-state index in [1.54, 1.807) is 12.1 Å². The van der Waals surface area contributed by atoms with Gasteiger partial charge in [-0.1, -0.05) is 36.4 Å². The maximum Gasteiger partial charge on any atom is 0.430 e. The summed E-state index contributed by atoms with van der Waals surface area (Å²) in [5, 5.41) is 38.3. The highest BCUT2D eigenvalue weighted by atomic mass is 19.4. The van der Waals surface area contributed by atoms with E-state index >= 15 is 0 Å². The molecule has 1 aliphatic heterocycles. The number of aliphatic hydroxyl groups is 3. The second-order valence-corrected chi connectivity index (χ2v) is 8.16. The van der Waals surface area contributed by atoms with Crippen LogP contribution in [0.3, 0.4) is 0 Å². The van der Waals surface area contributed by atoms with E-state index in [-0.39, 0.29) is 31.4 Å². The van der Waals surface area contributed by atoms with E-state index in [1.807, 2.05) is 6.07 Å². The van der Waals surface area contributed by atoms with E-state index in [0.717, 1.165) is 12.1 Å². The molecule has 2 aromatic rings. The molecule has 0 spiro atoms. The third kappa shape index (κ3) is 5.05. The Hall–Kier alpha value is -2.65. The molecule has 3 rings (SSSR count). The molecule has 3 N–H and O–H groups in total. The second-order valence-electron chi connectivity index (χ2n) is 8.16. The molecule has 1 saturated heterocycles. The summed E-state index contributed by atoms with van der Waals surface area (Å²) in [6, 6.07) is 9.87. The molecule has 0 aromatic heterocycles. The van der Waals surface area contributed by atoms with Crippen LogP contribution >= 0.6 is 0 Å². The lowest BCUT2D eigenvalue weighted by Gasteiger charge is -2.33. The number of ether oxygens (including phenoxy) is 1. The molecule has 0 aliphatic carbocycles. The second kappa shape index (κ2) is 9.54. The van der Waals surface area contributed by atoms with Gasteiger partial charge in [0.15, 0.2) is 0 Å². The summed E-state index contributed by atoms with van der Waals surface area (Å²) in [5.41, 5.74) is -4.79. The predicted octanol–water partition coefficient (Wildman–Crippen LogP) is 4.03. The lowest BCUT2D eigenvalue weighted by molar-refractivity contribution is -0.376. The molecule has 0 radical (unpaired) electrons. The summed E-state index contributed by atoms with van der Waals surface area (Å²) in [4.78, 5) is 0. The van der Waals surface area contributed by atoms with Crippen LogP contribution < -0.4 is 0 Å². The number of nitrogens with zero attached hydrogens (tertiary/aromatic N) is 1. The summed E-state index contributed by atoms with van der Waals surface area (Å²) >= 11 is 0. The fourth-order valence-electron chi connectivity index (χ4n) is 3.96. The number of rotatable bonds is 5. The van der Waals surface area contributed by atoms with Crippen LogP contribution in [0.15, 0.2) is 42.5 Å². The van der Waals surface area contributed by atoms with Crippen LogP contribution in [0.2, 0.25) is 0 Å². The summed E-state index contributed by atoms with van der Waals surface area (Å²) in [6.07, 6.45) is -13.3. The van der Waals surface area contributed by atoms with E-state index in [9.17, 15) is 46.9 Å². The van der Waals surface area contributed by atoms with Crippen LogP contribution in [-0.2, 0) is 16.8 Å². The monoisotopic (exact) mass is 489 g/mol. The fourth-order valence-corrected chi connectivity index (χ4v) is 3.96. The van der Waals surface area contributed by atoms with Crippen molar-refractivity contribution in [1.29, 1.82) is 5.26 Å². The van der Waals surface area contributed by atoms with Gasteiger partial charge in [-0.25, -0.2) is 0 Å². The van der Waals surface area contributed by atoms with Crippen molar-refractivity contribution in [2.45, 2.75) is 55.5 Å². The average molecular weight is 489 g/mol. The van der Waals surface area contributed by atoms with Gasteiger partial charge in [-0.05, 0) is 29.2 Å². The summed E-state index contributed by atoms with van der Waals surface area (Å²) in [5.74, 6) is 0. The maximum absolute atomic E-state index is 13.1. The molecule has 11 heteroatoms. The van der Waals surface area contributed by atoms with Crippen molar-refractivity contribution >= 4 is 0 Å². The number of hydrogen-bond donors (Lipinski definition) is 3. The zero-order valence-corrected chi connectivity index (χ0v) is 17.6. The number of alkyl halides is 6. The van der Waals surface area contributed by atoms with E-state index in [0.29, 0.717) is 28.8 Å². The molecular formula is C23H21F6NO4. The third-order valence-corrected chi connectivity index (χ3v) is 5.79. The molecule has 184 valence electrons. The van der Waals surface area contributed by atoms with E-state index < -0.39 is 41.8 Å². The van der Waals surface area contributed by atoms with Crippen molar-refractivity contribution in [3.8, 4) is 6.07 Å². The fraction of sp³-hybridized carbons (Fsp3) is 0.435. The molecule has 3 atom stereocenters. The number of halogens is 6. The van der Waals surface area contributed by atoms with Crippen molar-refractivity contribution in [1.82, 2.24) is 0 Å². The lowest BCUT2D eigenvalue weighted by Crippen LogP contribution is -2.53. The van der Waals surface area contributed by atoms with Gasteiger partial charge in [-0.3, -0.25) is 0 Å². The van der Waals surface area contributed by atoms with E-state index in [4.69, 9.17) is 4.74 Å². The Morgan fingerprint density at radius 1 is 0.971 bits per heavy atom. The normalized spacial score (nSPS) is 21.8. The first-order valence-corrected chi connectivity index (χ1v) is 10.2. The highest BCUT2D eigenvalue weighted by molar-refractivity contribution is 5.44. The maximum atomic E-state index is 13.1. The quantitative estimate of drug-likeness (QED) is 0.552. The lowest BCUT2D eigenvalue weighted by atomic mass is 9.89. The Kier molecular flexibility index (Phi) is 7.28. The first kappa shape index (κ1) is 26.0. The van der Waals surface area contributed by atoms with Crippen LogP contribution in [0.4, 0.5) is 26.3 Å². The minimum absolute atomic E-state index is 0.00613. The molecule has 1 aliphatic rings. The smallest absolute Gasteiger partial charge is 0.394 e. The van der Waals surface area contributed by atoms with Crippen molar-refractivity contribution in [2.24, 2.45) is 0 Å². The molecule has 0 unspecified atom stereocenters. The minimum Gasteiger partial charge on any atom is -0.394 e. The number of nitriles is 1. The van der Waals surface area contributed by atoms with Crippen molar-refractivity contribution in [3.05, 3.63) is 70.3 Å². The summed E-state index contributed by atoms with van der Waals surface area (Å²) in [6.45, 7) is -0.286.